The van der Waals surface area contributed by atoms with E-state index in [4.69, 9.17) is 4.74 Å². The fraction of sp³-hybridized carbons (Fsp3) is 0.500. The molecule has 1 aliphatic heterocycles. The first-order chi connectivity index (χ1) is 7.45. The van der Waals surface area contributed by atoms with Gasteiger partial charge in [-0.1, -0.05) is 6.07 Å². The van der Waals surface area contributed by atoms with Gasteiger partial charge < -0.3 is 4.74 Å². The standard InChI is InChI=1S/C12H16N2O/c1-3-11(7-13-5-1)9-15-10-12-4-2-6-14-8-12/h1,3-5,7,12H,2,6,8-10H2. The second kappa shape index (κ2) is 5.83. The molecule has 1 saturated heterocycles. The highest BCUT2D eigenvalue weighted by Crippen LogP contribution is 2.10. The molecule has 0 spiro atoms. The largest absolute Gasteiger partial charge is 0.376 e. The minimum atomic E-state index is 0.510. The predicted molar refractivity (Wildman–Crippen MR) is 58.2 cm³/mol. The summed E-state index contributed by atoms with van der Waals surface area (Å²) in [5, 5.41) is 4.36. The van der Waals surface area contributed by atoms with Gasteiger partial charge in [-0.15, -0.1) is 0 Å². The molecule has 1 fully saturated rings. The number of piperidine rings is 1. The number of aromatic nitrogens is 1. The molecule has 1 unspecified atom stereocenters. The first kappa shape index (κ1) is 10.6. The van der Waals surface area contributed by atoms with Crippen LogP contribution in [-0.4, -0.2) is 24.7 Å². The molecular formula is C12H16N2O. The van der Waals surface area contributed by atoms with Crippen molar-refractivity contribution in [1.82, 2.24) is 10.3 Å². The molecule has 3 heteroatoms. The molecule has 1 aliphatic rings. The molecule has 0 amide bonds. The van der Waals surface area contributed by atoms with Crippen LogP contribution in [0.2, 0.25) is 0 Å². The zero-order valence-electron chi connectivity index (χ0n) is 8.80. The third kappa shape index (κ3) is 3.61. The maximum absolute atomic E-state index is 5.63. The first-order valence-electron chi connectivity index (χ1n) is 5.38. The van der Waals surface area contributed by atoms with E-state index < -0.39 is 0 Å². The molecule has 1 aromatic rings. The van der Waals surface area contributed by atoms with Gasteiger partial charge >= 0.3 is 0 Å². The van der Waals surface area contributed by atoms with Crippen LogP contribution in [-0.2, 0) is 11.3 Å². The minimum absolute atomic E-state index is 0.510. The Labute approximate surface area is 90.9 Å². The molecule has 0 aliphatic carbocycles. The quantitative estimate of drug-likeness (QED) is 0.743. The van der Waals surface area contributed by atoms with Crippen molar-refractivity contribution < 1.29 is 4.74 Å². The highest BCUT2D eigenvalue weighted by molar-refractivity contribution is 5.06. The van der Waals surface area contributed by atoms with Crippen LogP contribution in [0.4, 0.5) is 0 Å². The summed E-state index contributed by atoms with van der Waals surface area (Å²) in [7, 11) is 0. The van der Waals surface area contributed by atoms with Crippen molar-refractivity contribution in [3.63, 3.8) is 0 Å². The van der Waals surface area contributed by atoms with Crippen LogP contribution in [0.25, 0.3) is 0 Å². The van der Waals surface area contributed by atoms with Crippen molar-refractivity contribution in [2.75, 3.05) is 19.7 Å². The van der Waals surface area contributed by atoms with E-state index in [-0.39, 0.29) is 0 Å². The summed E-state index contributed by atoms with van der Waals surface area (Å²) in [4.78, 5) is 4.04. The second-order valence-electron chi connectivity index (χ2n) is 3.79. The highest BCUT2D eigenvalue weighted by Gasteiger charge is 2.13. The molecule has 15 heavy (non-hydrogen) atoms. The van der Waals surface area contributed by atoms with Crippen LogP contribution in [0, 0.1) is 12.3 Å². The van der Waals surface area contributed by atoms with Crippen molar-refractivity contribution in [1.29, 1.82) is 0 Å². The lowest BCUT2D eigenvalue weighted by Gasteiger charge is -2.20. The summed E-state index contributed by atoms with van der Waals surface area (Å²) >= 11 is 0. The van der Waals surface area contributed by atoms with Gasteiger partial charge in [0, 0.05) is 25.5 Å². The van der Waals surface area contributed by atoms with Gasteiger partial charge in [0.25, 0.3) is 0 Å². The van der Waals surface area contributed by atoms with Crippen LogP contribution >= 0.6 is 0 Å². The maximum atomic E-state index is 5.63. The number of ether oxygens (including phenoxy) is 1. The fourth-order valence-electron chi connectivity index (χ4n) is 1.67. The SMILES string of the molecule is [CH]1CC[N]CC1COCc1cccnc1. The third-order valence-electron chi connectivity index (χ3n) is 2.47. The van der Waals surface area contributed by atoms with Crippen LogP contribution in [0.3, 0.4) is 0 Å². The Balaban J connectivity index is 1.66. The average molecular weight is 204 g/mol. The molecule has 0 saturated carbocycles. The van der Waals surface area contributed by atoms with Crippen molar-refractivity contribution in [3.05, 3.63) is 36.5 Å². The van der Waals surface area contributed by atoms with Crippen molar-refractivity contribution in [2.45, 2.75) is 13.0 Å². The number of hydrogen-bond acceptors (Lipinski definition) is 2. The number of pyridine rings is 1. The molecule has 2 heterocycles. The van der Waals surface area contributed by atoms with E-state index >= 15 is 0 Å². The molecule has 2 rings (SSSR count). The van der Waals surface area contributed by atoms with Crippen molar-refractivity contribution in [2.24, 2.45) is 5.92 Å². The van der Waals surface area contributed by atoms with E-state index in [1.165, 1.54) is 0 Å². The van der Waals surface area contributed by atoms with E-state index in [2.05, 4.69) is 16.7 Å². The van der Waals surface area contributed by atoms with Gasteiger partial charge in [-0.05, 0) is 30.4 Å². The minimum Gasteiger partial charge on any atom is -0.376 e. The molecule has 0 bridgehead atoms. The summed E-state index contributed by atoms with van der Waals surface area (Å²) in [6, 6.07) is 3.96. The van der Waals surface area contributed by atoms with Gasteiger partial charge in [0.15, 0.2) is 0 Å². The summed E-state index contributed by atoms with van der Waals surface area (Å²) in [5.74, 6) is 0.510. The summed E-state index contributed by atoms with van der Waals surface area (Å²) in [5.41, 5.74) is 1.13. The van der Waals surface area contributed by atoms with Gasteiger partial charge in [-0.2, -0.15) is 0 Å². The smallest absolute Gasteiger partial charge is 0.0731 e. The molecule has 1 aromatic heterocycles. The third-order valence-corrected chi connectivity index (χ3v) is 2.47. The monoisotopic (exact) mass is 204 g/mol. The Morgan fingerprint density at radius 1 is 1.47 bits per heavy atom. The fourth-order valence-corrected chi connectivity index (χ4v) is 1.67. The normalized spacial score (nSPS) is 21.5. The molecule has 0 N–H and O–H groups in total. The van der Waals surface area contributed by atoms with Gasteiger partial charge in [0.2, 0.25) is 0 Å². The molecular weight excluding hydrogens is 188 g/mol. The molecule has 2 radical (unpaired) electrons. The van der Waals surface area contributed by atoms with Gasteiger partial charge in [-0.3, -0.25) is 4.98 Å². The van der Waals surface area contributed by atoms with Crippen LogP contribution in [0.1, 0.15) is 12.0 Å². The lowest BCUT2D eigenvalue weighted by Crippen LogP contribution is -2.28. The second-order valence-corrected chi connectivity index (χ2v) is 3.79. The van der Waals surface area contributed by atoms with Crippen molar-refractivity contribution >= 4 is 0 Å². The van der Waals surface area contributed by atoms with E-state index in [1.807, 2.05) is 18.3 Å². The molecule has 3 nitrogen and oxygen atoms in total. The van der Waals surface area contributed by atoms with Crippen LogP contribution in [0.5, 0.6) is 0 Å². The van der Waals surface area contributed by atoms with Crippen LogP contribution in [0.15, 0.2) is 24.5 Å². The summed E-state index contributed by atoms with van der Waals surface area (Å²) in [6.45, 7) is 3.34. The zero-order chi connectivity index (χ0) is 10.3. The lowest BCUT2D eigenvalue weighted by molar-refractivity contribution is 0.0909. The lowest BCUT2D eigenvalue weighted by atomic mass is 10.0. The van der Waals surface area contributed by atoms with Crippen LogP contribution < -0.4 is 5.32 Å². The topological polar surface area (TPSA) is 36.2 Å². The maximum Gasteiger partial charge on any atom is 0.0731 e. The number of rotatable bonds is 4. The Morgan fingerprint density at radius 3 is 3.20 bits per heavy atom. The average Bonchev–Trinajstić information content (AvgIpc) is 2.32. The van der Waals surface area contributed by atoms with Crippen molar-refractivity contribution in [3.8, 4) is 0 Å². The first-order valence-corrected chi connectivity index (χ1v) is 5.38. The zero-order valence-corrected chi connectivity index (χ0v) is 8.80. The molecule has 80 valence electrons. The number of nitrogens with zero attached hydrogens (tertiary/aromatic N) is 2. The van der Waals surface area contributed by atoms with E-state index in [0.29, 0.717) is 12.5 Å². The Hall–Kier alpha value is -0.930. The summed E-state index contributed by atoms with van der Waals surface area (Å²) in [6.07, 6.45) is 7.03. The molecule has 1 atom stereocenters. The summed E-state index contributed by atoms with van der Waals surface area (Å²) < 4.78 is 5.63. The van der Waals surface area contributed by atoms with E-state index in [1.54, 1.807) is 6.20 Å². The van der Waals surface area contributed by atoms with Gasteiger partial charge in [-0.25, -0.2) is 5.32 Å². The Kier molecular flexibility index (Phi) is 4.11. The molecule has 0 aromatic carbocycles. The highest BCUT2D eigenvalue weighted by atomic mass is 16.5. The Bertz CT molecular complexity index is 270. The van der Waals surface area contributed by atoms with E-state index in [0.717, 1.165) is 31.7 Å². The van der Waals surface area contributed by atoms with Gasteiger partial charge in [0.05, 0.1) is 13.2 Å². The van der Waals surface area contributed by atoms with Gasteiger partial charge in [0.1, 0.15) is 0 Å². The number of hydrogen-bond donors (Lipinski definition) is 0. The Morgan fingerprint density at radius 2 is 2.47 bits per heavy atom. The predicted octanol–water partition coefficient (Wildman–Crippen LogP) is 1.43. The van der Waals surface area contributed by atoms with E-state index in [9.17, 15) is 0 Å².